The number of hydrogen-bond acceptors (Lipinski definition) is 5. The maximum absolute atomic E-state index is 11.8. The molecule has 0 amide bonds. The van der Waals surface area contributed by atoms with Gasteiger partial charge >= 0.3 is 5.97 Å². The summed E-state index contributed by atoms with van der Waals surface area (Å²) in [5.74, 6) is -0.869. The van der Waals surface area contributed by atoms with Crippen LogP contribution in [0.4, 0.5) is 0 Å². The van der Waals surface area contributed by atoms with E-state index in [9.17, 15) is 15.0 Å². The van der Waals surface area contributed by atoms with Crippen LogP contribution in [0.15, 0.2) is 66.9 Å². The number of carbonyl (C=O) groups is 1. The number of para-hydroxylation sites is 1. The van der Waals surface area contributed by atoms with Crippen molar-refractivity contribution in [3.05, 3.63) is 72.4 Å². The summed E-state index contributed by atoms with van der Waals surface area (Å²) in [4.78, 5) is 11.8. The van der Waals surface area contributed by atoms with Crippen LogP contribution in [0.2, 0.25) is 0 Å². The zero-order chi connectivity index (χ0) is 18.5. The zero-order valence-corrected chi connectivity index (χ0v) is 14.3. The molecule has 0 aliphatic rings. The topological polar surface area (TPSA) is 84.6 Å². The van der Waals surface area contributed by atoms with Gasteiger partial charge in [-0.3, -0.25) is 0 Å². The van der Waals surface area contributed by atoms with Gasteiger partial charge in [0.15, 0.2) is 6.10 Å². The van der Waals surface area contributed by atoms with Crippen LogP contribution in [0.3, 0.4) is 0 Å². The number of aliphatic hydroxyl groups excluding tert-OH is 2. The molecule has 1 heterocycles. The minimum absolute atomic E-state index is 0.122. The lowest BCUT2D eigenvalue weighted by Gasteiger charge is -2.16. The first-order chi connectivity index (χ1) is 12.6. The van der Waals surface area contributed by atoms with Crippen molar-refractivity contribution in [1.82, 2.24) is 9.78 Å². The first-order valence-corrected chi connectivity index (χ1v) is 8.35. The fourth-order valence-electron chi connectivity index (χ4n) is 2.66. The summed E-state index contributed by atoms with van der Waals surface area (Å²) in [7, 11) is 0. The van der Waals surface area contributed by atoms with E-state index in [2.05, 4.69) is 5.10 Å². The third-order valence-electron chi connectivity index (χ3n) is 3.96. The van der Waals surface area contributed by atoms with Crippen molar-refractivity contribution in [2.24, 2.45) is 0 Å². The molecule has 0 spiro atoms. The first-order valence-electron chi connectivity index (χ1n) is 8.35. The first kappa shape index (κ1) is 17.8. The van der Waals surface area contributed by atoms with E-state index in [4.69, 9.17) is 4.74 Å². The molecule has 0 saturated heterocycles. The van der Waals surface area contributed by atoms with E-state index >= 15 is 0 Å². The Kier molecular flexibility index (Phi) is 5.46. The predicted octanol–water partition coefficient (Wildman–Crippen LogP) is 2.50. The zero-order valence-electron chi connectivity index (χ0n) is 14.3. The van der Waals surface area contributed by atoms with E-state index in [0.717, 1.165) is 11.3 Å². The van der Waals surface area contributed by atoms with Gasteiger partial charge in [0.2, 0.25) is 0 Å². The van der Waals surface area contributed by atoms with Gasteiger partial charge in [-0.1, -0.05) is 48.5 Å². The summed E-state index contributed by atoms with van der Waals surface area (Å²) in [6.45, 7) is 1.76. The minimum atomic E-state index is -1.69. The predicted molar refractivity (Wildman–Crippen MR) is 96.6 cm³/mol. The van der Waals surface area contributed by atoms with Gasteiger partial charge in [0.05, 0.1) is 18.0 Å². The fraction of sp³-hybridized carbons (Fsp3) is 0.200. The van der Waals surface area contributed by atoms with Crippen molar-refractivity contribution in [2.75, 3.05) is 6.61 Å². The highest BCUT2D eigenvalue weighted by Gasteiger charge is 2.31. The van der Waals surface area contributed by atoms with Crippen LogP contribution in [0.5, 0.6) is 0 Å². The molecule has 0 fully saturated rings. The monoisotopic (exact) mass is 352 g/mol. The summed E-state index contributed by atoms with van der Waals surface area (Å²) in [5, 5.41) is 25.3. The molecule has 6 nitrogen and oxygen atoms in total. The highest BCUT2D eigenvalue weighted by molar-refractivity contribution is 5.76. The number of aliphatic hydroxyl groups is 2. The van der Waals surface area contributed by atoms with Crippen molar-refractivity contribution in [2.45, 2.75) is 19.1 Å². The second-order valence-electron chi connectivity index (χ2n) is 5.72. The molecule has 2 unspecified atom stereocenters. The third kappa shape index (κ3) is 3.66. The number of hydrogen-bond donors (Lipinski definition) is 2. The molecule has 0 bridgehead atoms. The summed E-state index contributed by atoms with van der Waals surface area (Å²) >= 11 is 0. The summed E-state index contributed by atoms with van der Waals surface area (Å²) in [6, 6.07) is 18.7. The lowest BCUT2D eigenvalue weighted by molar-refractivity contribution is -0.159. The normalized spacial score (nSPS) is 13.2. The Labute approximate surface area is 151 Å². The molecule has 2 atom stereocenters. The van der Waals surface area contributed by atoms with E-state index < -0.39 is 18.2 Å². The number of nitrogens with zero attached hydrogens (tertiary/aromatic N) is 2. The van der Waals surface area contributed by atoms with Crippen molar-refractivity contribution < 1.29 is 19.7 Å². The number of carbonyl (C=O) groups excluding carboxylic acids is 1. The molecule has 6 heteroatoms. The Morgan fingerprint density at radius 1 is 1.08 bits per heavy atom. The molecule has 134 valence electrons. The van der Waals surface area contributed by atoms with E-state index in [1.54, 1.807) is 17.8 Å². The Balaban J connectivity index is 2.05. The van der Waals surface area contributed by atoms with E-state index in [0.29, 0.717) is 11.3 Å². The van der Waals surface area contributed by atoms with Crippen LogP contribution in [0, 0.1) is 0 Å². The van der Waals surface area contributed by atoms with Gasteiger partial charge in [-0.25, -0.2) is 9.48 Å². The SMILES string of the molecule is CCOC(=O)C(O)C(O)c1cn(-c2ccccc2)nc1-c1ccccc1. The number of benzene rings is 2. The molecule has 1 aromatic heterocycles. The number of ether oxygens (including phenoxy) is 1. The van der Waals surface area contributed by atoms with E-state index in [1.165, 1.54) is 0 Å². The Morgan fingerprint density at radius 2 is 1.69 bits per heavy atom. The van der Waals surface area contributed by atoms with Gasteiger partial charge < -0.3 is 14.9 Å². The van der Waals surface area contributed by atoms with Gasteiger partial charge in [-0.2, -0.15) is 5.10 Å². The fourth-order valence-corrected chi connectivity index (χ4v) is 2.66. The minimum Gasteiger partial charge on any atom is -0.464 e. The molecule has 0 aliphatic heterocycles. The Morgan fingerprint density at radius 3 is 2.31 bits per heavy atom. The molecule has 0 radical (unpaired) electrons. The summed E-state index contributed by atoms with van der Waals surface area (Å²) in [6.07, 6.45) is -1.53. The second-order valence-corrected chi connectivity index (χ2v) is 5.72. The van der Waals surface area contributed by atoms with E-state index in [-0.39, 0.29) is 6.61 Å². The van der Waals surface area contributed by atoms with Gasteiger partial charge in [-0.05, 0) is 19.1 Å². The van der Waals surface area contributed by atoms with Crippen molar-refractivity contribution in [1.29, 1.82) is 0 Å². The summed E-state index contributed by atoms with van der Waals surface area (Å²) in [5.41, 5.74) is 2.41. The lowest BCUT2D eigenvalue weighted by atomic mass is 10.0. The highest BCUT2D eigenvalue weighted by Crippen LogP contribution is 2.30. The van der Waals surface area contributed by atoms with E-state index in [1.807, 2.05) is 60.7 Å². The maximum Gasteiger partial charge on any atom is 0.338 e. The van der Waals surface area contributed by atoms with Crippen molar-refractivity contribution >= 4 is 5.97 Å². The average molecular weight is 352 g/mol. The van der Waals surface area contributed by atoms with Gasteiger partial charge in [0.1, 0.15) is 6.10 Å². The molecule has 0 aliphatic carbocycles. The molecule has 26 heavy (non-hydrogen) atoms. The van der Waals surface area contributed by atoms with Crippen LogP contribution in [-0.2, 0) is 9.53 Å². The second kappa shape index (κ2) is 7.95. The number of rotatable bonds is 6. The largest absolute Gasteiger partial charge is 0.464 e. The molecule has 2 aromatic carbocycles. The Bertz CT molecular complexity index is 862. The molecule has 3 aromatic rings. The van der Waals surface area contributed by atoms with Crippen molar-refractivity contribution in [3.8, 4) is 16.9 Å². The summed E-state index contributed by atoms with van der Waals surface area (Å²) < 4.78 is 6.42. The molecule has 0 saturated carbocycles. The number of esters is 1. The highest BCUT2D eigenvalue weighted by atomic mass is 16.5. The van der Waals surface area contributed by atoms with Crippen LogP contribution < -0.4 is 0 Å². The van der Waals surface area contributed by atoms with Crippen LogP contribution >= 0.6 is 0 Å². The van der Waals surface area contributed by atoms with Crippen LogP contribution in [-0.4, -0.2) is 38.7 Å². The maximum atomic E-state index is 11.8. The molecule has 3 rings (SSSR count). The van der Waals surface area contributed by atoms with Gasteiger partial charge in [0.25, 0.3) is 0 Å². The molecule has 2 N–H and O–H groups in total. The average Bonchev–Trinajstić information content (AvgIpc) is 3.14. The van der Waals surface area contributed by atoms with Gasteiger partial charge in [-0.15, -0.1) is 0 Å². The molecular weight excluding hydrogens is 332 g/mol. The lowest BCUT2D eigenvalue weighted by Crippen LogP contribution is -2.30. The standard InChI is InChI=1S/C20H20N2O4/c1-2-26-20(25)19(24)18(23)16-13-22(15-11-7-4-8-12-15)21-17(16)14-9-5-3-6-10-14/h3-13,18-19,23-24H,2H2,1H3. The van der Waals surface area contributed by atoms with Gasteiger partial charge in [0, 0.05) is 17.3 Å². The third-order valence-corrected chi connectivity index (χ3v) is 3.96. The van der Waals surface area contributed by atoms with Crippen molar-refractivity contribution in [3.63, 3.8) is 0 Å². The number of aromatic nitrogens is 2. The Hall–Kier alpha value is -2.96. The smallest absolute Gasteiger partial charge is 0.338 e. The quantitative estimate of drug-likeness (QED) is 0.666. The van der Waals surface area contributed by atoms with Crippen LogP contribution in [0.25, 0.3) is 16.9 Å². The molecular formula is C20H20N2O4. The van der Waals surface area contributed by atoms with Crippen LogP contribution in [0.1, 0.15) is 18.6 Å².